The number of hydrogen-bond donors (Lipinski definition) is 2. The van der Waals surface area contributed by atoms with E-state index in [0.29, 0.717) is 9.67 Å². The van der Waals surface area contributed by atoms with Crippen LogP contribution in [0, 0.1) is 13.8 Å². The summed E-state index contributed by atoms with van der Waals surface area (Å²) in [7, 11) is -1.01. The van der Waals surface area contributed by atoms with E-state index in [4.69, 9.17) is 0 Å². The normalized spacial score (nSPS) is 12.5. The molecule has 1 aromatic heterocycles. The predicted molar refractivity (Wildman–Crippen MR) is 119 cm³/mol. The van der Waals surface area contributed by atoms with E-state index in [-0.39, 0.29) is 10.9 Å². The molecule has 1 heterocycles. The average Bonchev–Trinajstić information content (AvgIpc) is 3.01. The molecule has 2 N–H and O–H groups in total. The Morgan fingerprint density at radius 3 is 2.04 bits per heavy atom. The summed E-state index contributed by atoms with van der Waals surface area (Å²) < 4.78 is 29.2. The predicted octanol–water partition coefficient (Wildman–Crippen LogP) is 5.09. The van der Waals surface area contributed by atoms with Gasteiger partial charge in [0.2, 0.25) is 10.0 Å². The monoisotopic (exact) mass is 433 g/mol. The molecule has 148 valence electrons. The van der Waals surface area contributed by atoms with Gasteiger partial charge in [-0.05, 0) is 52.0 Å². The summed E-state index contributed by atoms with van der Waals surface area (Å²) >= 11 is 0. The summed E-state index contributed by atoms with van der Waals surface area (Å²) in [5.41, 5.74) is 3.83. The molecule has 0 saturated heterocycles. The number of aryl methyl sites for hydroxylation is 2. The minimum atomic E-state index is -3.72. The molecule has 0 bridgehead atoms. The van der Waals surface area contributed by atoms with E-state index in [2.05, 4.69) is 15.0 Å². The van der Waals surface area contributed by atoms with Gasteiger partial charge in [-0.15, -0.1) is 0 Å². The van der Waals surface area contributed by atoms with Gasteiger partial charge < -0.3 is 5.32 Å². The Morgan fingerprint density at radius 1 is 0.893 bits per heavy atom. The van der Waals surface area contributed by atoms with E-state index in [9.17, 15) is 8.42 Å². The van der Waals surface area contributed by atoms with Crippen LogP contribution in [0.25, 0.3) is 0 Å². The van der Waals surface area contributed by atoms with Gasteiger partial charge in [-0.1, -0.05) is 56.1 Å². The molecule has 8 heteroatoms. The number of benzene rings is 2. The van der Waals surface area contributed by atoms with Crippen LogP contribution < -0.4 is 14.7 Å². The molecule has 0 saturated carbocycles. The minimum absolute atomic E-state index is 0.192. The van der Waals surface area contributed by atoms with Crippen LogP contribution >= 0.6 is 20.7 Å². The van der Waals surface area contributed by atoms with Crippen molar-refractivity contribution in [1.29, 1.82) is 0 Å². The Labute approximate surface area is 173 Å². The Balaban J connectivity index is 2.11. The summed E-state index contributed by atoms with van der Waals surface area (Å²) in [5, 5.41) is 3.81. The van der Waals surface area contributed by atoms with Crippen LogP contribution in [0.3, 0.4) is 0 Å². The molecule has 2 aromatic carbocycles. The summed E-state index contributed by atoms with van der Waals surface area (Å²) in [6, 6.07) is 15.3. The Hall–Kier alpha value is -2.00. The first-order valence-corrected chi connectivity index (χ1v) is 12.5. The van der Waals surface area contributed by atoms with Crippen molar-refractivity contribution in [2.75, 3.05) is 5.32 Å². The molecular weight excluding hydrogens is 410 g/mol. The highest BCUT2D eigenvalue weighted by Crippen LogP contribution is 2.31. The quantitative estimate of drug-likeness (QED) is 0.532. The fourth-order valence-corrected chi connectivity index (χ4v) is 7.15. The summed E-state index contributed by atoms with van der Waals surface area (Å²) in [6.45, 7) is 7.62. The lowest BCUT2D eigenvalue weighted by molar-refractivity contribution is 0.570. The number of anilines is 2. The van der Waals surface area contributed by atoms with Crippen LogP contribution in [0.1, 0.15) is 25.0 Å². The number of nitrogens with zero attached hydrogens (tertiary/aromatic N) is 1. The molecule has 0 unspecified atom stereocenters. The highest BCUT2D eigenvalue weighted by molar-refractivity contribution is 7.90. The molecule has 0 atom stereocenters. The Bertz CT molecular complexity index is 1110. The third kappa shape index (κ3) is 5.08. The van der Waals surface area contributed by atoms with E-state index in [0.717, 1.165) is 22.5 Å². The second-order valence-electron chi connectivity index (χ2n) is 6.84. The van der Waals surface area contributed by atoms with Gasteiger partial charge in [-0.25, -0.2) is 18.1 Å². The fourth-order valence-electron chi connectivity index (χ4n) is 2.51. The van der Waals surface area contributed by atoms with Crippen molar-refractivity contribution in [1.82, 2.24) is 4.72 Å². The van der Waals surface area contributed by atoms with Crippen LogP contribution in [-0.4, -0.2) is 14.5 Å². The van der Waals surface area contributed by atoms with Crippen molar-refractivity contribution in [3.63, 3.8) is 0 Å². The van der Waals surface area contributed by atoms with Crippen molar-refractivity contribution in [3.05, 3.63) is 64.3 Å². The Kier molecular flexibility index (Phi) is 6.34. The molecule has 5 nitrogen and oxygen atoms in total. The second-order valence-corrected chi connectivity index (χ2v) is 10.6. The maximum absolute atomic E-state index is 13.0. The van der Waals surface area contributed by atoms with Gasteiger partial charge in [-0.3, -0.25) is 0 Å². The summed E-state index contributed by atoms with van der Waals surface area (Å²) in [4.78, 5) is 4.79. The zero-order chi connectivity index (χ0) is 20.3. The van der Waals surface area contributed by atoms with Crippen molar-refractivity contribution in [3.8, 4) is 0 Å². The first-order valence-electron chi connectivity index (χ1n) is 8.85. The molecule has 0 aliphatic rings. The van der Waals surface area contributed by atoms with Crippen LogP contribution in [0.4, 0.5) is 16.4 Å². The van der Waals surface area contributed by atoms with Crippen molar-refractivity contribution < 1.29 is 8.42 Å². The first-order chi connectivity index (χ1) is 13.2. The van der Waals surface area contributed by atoms with Crippen LogP contribution in [-0.2, 0) is 10.0 Å². The standard InChI is InChI=1S/C20H23N3O2S3/c1-13(2)23-28(24,25)18-19(21-16-9-5-14(3)6-10-16)26-27-20(18)22-17-11-7-15(4)8-12-17/h5-13,21,23H,1-4H3. The number of rotatable bonds is 6. The highest BCUT2D eigenvalue weighted by atomic mass is 32.9. The van der Waals surface area contributed by atoms with E-state index >= 15 is 0 Å². The van der Waals surface area contributed by atoms with Gasteiger partial charge in [0.25, 0.3) is 0 Å². The zero-order valence-corrected chi connectivity index (χ0v) is 18.6. The molecule has 0 aliphatic carbocycles. The first kappa shape index (κ1) is 20.7. The molecule has 28 heavy (non-hydrogen) atoms. The number of hydrogen-bond acceptors (Lipinski definition) is 6. The smallest absolute Gasteiger partial charge is 0.246 e. The fraction of sp³-hybridized carbons (Fsp3) is 0.250. The lowest BCUT2D eigenvalue weighted by atomic mass is 10.2. The van der Waals surface area contributed by atoms with Gasteiger partial charge in [0, 0.05) is 11.7 Å². The van der Waals surface area contributed by atoms with Crippen molar-refractivity contribution >= 4 is 47.1 Å². The molecule has 0 radical (unpaired) electrons. The van der Waals surface area contributed by atoms with Crippen LogP contribution in [0.5, 0.6) is 0 Å². The lowest BCUT2D eigenvalue weighted by Crippen LogP contribution is -2.32. The molecule has 0 aliphatic heterocycles. The van der Waals surface area contributed by atoms with Gasteiger partial charge in [0.15, 0.2) is 4.90 Å². The Morgan fingerprint density at radius 2 is 1.46 bits per heavy atom. The molecular formula is C20H23N3O2S3. The van der Waals surface area contributed by atoms with E-state index < -0.39 is 10.0 Å². The molecule has 3 aromatic rings. The van der Waals surface area contributed by atoms with E-state index in [1.165, 1.54) is 20.7 Å². The highest BCUT2D eigenvalue weighted by Gasteiger charge is 2.25. The second kappa shape index (κ2) is 8.57. The molecule has 0 amide bonds. The van der Waals surface area contributed by atoms with Gasteiger partial charge in [0.05, 0.1) is 5.69 Å². The van der Waals surface area contributed by atoms with Gasteiger partial charge in [0.1, 0.15) is 9.67 Å². The maximum Gasteiger partial charge on any atom is 0.246 e. The van der Waals surface area contributed by atoms with Gasteiger partial charge >= 0.3 is 0 Å². The summed E-state index contributed by atoms with van der Waals surface area (Å²) in [6.07, 6.45) is 0. The third-order valence-corrected chi connectivity index (χ3v) is 8.05. The van der Waals surface area contributed by atoms with Gasteiger partial charge in [-0.2, -0.15) is 0 Å². The average molecular weight is 434 g/mol. The topological polar surface area (TPSA) is 70.6 Å². The molecule has 3 rings (SSSR count). The van der Waals surface area contributed by atoms with Crippen molar-refractivity contribution in [2.45, 2.75) is 38.6 Å². The molecule has 0 fully saturated rings. The van der Waals surface area contributed by atoms with E-state index in [1.807, 2.05) is 62.4 Å². The maximum atomic E-state index is 13.0. The minimum Gasteiger partial charge on any atom is -0.345 e. The largest absolute Gasteiger partial charge is 0.345 e. The van der Waals surface area contributed by atoms with Crippen molar-refractivity contribution in [2.24, 2.45) is 4.99 Å². The van der Waals surface area contributed by atoms with E-state index in [1.54, 1.807) is 13.8 Å². The third-order valence-electron chi connectivity index (χ3n) is 3.84. The lowest BCUT2D eigenvalue weighted by Gasteiger charge is -2.11. The number of sulfonamides is 1. The SMILES string of the molecule is Cc1ccc(N=c2ssc(Nc3ccc(C)cc3)c2S(=O)(=O)NC(C)C)cc1. The zero-order valence-electron chi connectivity index (χ0n) is 16.2. The molecule has 0 spiro atoms. The van der Waals surface area contributed by atoms with Crippen LogP contribution in [0.15, 0.2) is 58.4 Å². The van der Waals surface area contributed by atoms with Crippen LogP contribution in [0.2, 0.25) is 0 Å². The number of nitrogens with one attached hydrogen (secondary N) is 2. The summed E-state index contributed by atoms with van der Waals surface area (Å²) in [5.74, 6) is 0.